The minimum atomic E-state index is -1.18. The fourth-order valence-electron chi connectivity index (χ4n) is 2.31. The second-order valence-corrected chi connectivity index (χ2v) is 4.92. The zero-order valence-electron chi connectivity index (χ0n) is 10.6. The van der Waals surface area contributed by atoms with E-state index in [9.17, 15) is 14.7 Å². The Balaban J connectivity index is 2.07. The molecule has 6 heteroatoms. The molecule has 1 heterocycles. The van der Waals surface area contributed by atoms with Crippen molar-refractivity contribution in [2.45, 2.75) is 25.8 Å². The summed E-state index contributed by atoms with van der Waals surface area (Å²) in [6, 6.07) is 0. The average Bonchev–Trinajstić information content (AvgIpc) is 2.61. The van der Waals surface area contributed by atoms with Crippen LogP contribution in [0.4, 0.5) is 0 Å². The first kappa shape index (κ1) is 12.6. The second-order valence-electron chi connectivity index (χ2n) is 4.92. The van der Waals surface area contributed by atoms with Crippen LogP contribution >= 0.6 is 0 Å². The van der Waals surface area contributed by atoms with E-state index in [2.05, 4.69) is 5.10 Å². The van der Waals surface area contributed by atoms with E-state index in [1.54, 1.807) is 25.0 Å². The molecule has 0 saturated heterocycles. The molecular weight excluding hydrogens is 234 g/mol. The Morgan fingerprint density at radius 3 is 2.61 bits per heavy atom. The van der Waals surface area contributed by atoms with E-state index in [4.69, 9.17) is 0 Å². The topological polar surface area (TPSA) is 75.4 Å². The molecule has 1 aliphatic carbocycles. The number of carbonyl (C=O) groups is 2. The van der Waals surface area contributed by atoms with Crippen molar-refractivity contribution in [2.24, 2.45) is 12.5 Å². The predicted molar refractivity (Wildman–Crippen MR) is 63.6 cm³/mol. The number of nitrogens with zero attached hydrogens (tertiary/aromatic N) is 3. The minimum absolute atomic E-state index is 0.301. The lowest BCUT2D eigenvalue weighted by atomic mass is 9.68. The number of aliphatic carboxylic acids is 1. The molecule has 0 aromatic carbocycles. The monoisotopic (exact) mass is 251 g/mol. The van der Waals surface area contributed by atoms with E-state index in [-0.39, 0.29) is 5.91 Å². The molecular formula is C12H17N3O3. The van der Waals surface area contributed by atoms with Crippen LogP contribution in [0.3, 0.4) is 0 Å². The summed E-state index contributed by atoms with van der Waals surface area (Å²) >= 11 is 0. The SMILES string of the molecule is CN(Cc1cnn(C)c1)C(=O)C1(C(=O)O)CCC1. The van der Waals surface area contributed by atoms with Gasteiger partial charge < -0.3 is 10.0 Å². The highest BCUT2D eigenvalue weighted by atomic mass is 16.4. The van der Waals surface area contributed by atoms with Crippen molar-refractivity contribution >= 4 is 11.9 Å². The molecule has 18 heavy (non-hydrogen) atoms. The van der Waals surface area contributed by atoms with Gasteiger partial charge in [-0.15, -0.1) is 0 Å². The molecule has 0 radical (unpaired) electrons. The number of aromatic nitrogens is 2. The summed E-state index contributed by atoms with van der Waals surface area (Å²) in [5.74, 6) is -1.30. The van der Waals surface area contributed by atoms with Crippen LogP contribution in [-0.2, 0) is 23.2 Å². The number of rotatable bonds is 4. The second kappa shape index (κ2) is 4.44. The molecule has 0 aliphatic heterocycles. The molecule has 1 aromatic rings. The molecule has 2 rings (SSSR count). The Bertz CT molecular complexity index is 477. The first-order valence-electron chi connectivity index (χ1n) is 5.92. The van der Waals surface area contributed by atoms with Crippen LogP contribution in [0.5, 0.6) is 0 Å². The Morgan fingerprint density at radius 1 is 1.56 bits per heavy atom. The Hall–Kier alpha value is -1.85. The Labute approximate surface area is 105 Å². The Morgan fingerprint density at radius 2 is 2.22 bits per heavy atom. The molecule has 98 valence electrons. The summed E-state index contributed by atoms with van der Waals surface area (Å²) < 4.78 is 1.66. The first-order chi connectivity index (χ1) is 8.45. The zero-order chi connectivity index (χ0) is 13.3. The highest BCUT2D eigenvalue weighted by Crippen LogP contribution is 2.42. The number of aryl methyl sites for hydroxylation is 1. The lowest BCUT2D eigenvalue weighted by Gasteiger charge is -2.38. The highest BCUT2D eigenvalue weighted by molar-refractivity contribution is 6.02. The lowest BCUT2D eigenvalue weighted by molar-refractivity contribution is -0.167. The Kier molecular flexibility index (Phi) is 3.11. The van der Waals surface area contributed by atoms with E-state index in [1.165, 1.54) is 4.90 Å². The van der Waals surface area contributed by atoms with Crippen molar-refractivity contribution < 1.29 is 14.7 Å². The van der Waals surface area contributed by atoms with Crippen molar-refractivity contribution in [2.75, 3.05) is 7.05 Å². The van der Waals surface area contributed by atoms with Gasteiger partial charge in [0.15, 0.2) is 0 Å². The molecule has 1 N–H and O–H groups in total. The standard InChI is InChI=1S/C12H17N3O3/c1-14(7-9-6-13-15(2)8-9)10(16)12(11(17)18)4-3-5-12/h6,8H,3-5,7H2,1-2H3,(H,17,18). The van der Waals surface area contributed by atoms with Gasteiger partial charge in [0.05, 0.1) is 6.20 Å². The number of carboxylic acids is 1. The quantitative estimate of drug-likeness (QED) is 0.796. The number of carbonyl (C=O) groups excluding carboxylic acids is 1. The minimum Gasteiger partial charge on any atom is -0.480 e. The van der Waals surface area contributed by atoms with Gasteiger partial charge in [0, 0.05) is 32.4 Å². The number of amides is 1. The fraction of sp³-hybridized carbons (Fsp3) is 0.583. The first-order valence-corrected chi connectivity index (χ1v) is 5.92. The molecule has 1 saturated carbocycles. The molecule has 0 unspecified atom stereocenters. The summed E-state index contributed by atoms with van der Waals surface area (Å²) in [4.78, 5) is 24.9. The maximum atomic E-state index is 12.2. The van der Waals surface area contributed by atoms with Gasteiger partial charge in [-0.3, -0.25) is 14.3 Å². The van der Waals surface area contributed by atoms with Crippen molar-refractivity contribution in [3.05, 3.63) is 18.0 Å². The highest BCUT2D eigenvalue weighted by Gasteiger charge is 2.52. The van der Waals surface area contributed by atoms with Gasteiger partial charge in [0.25, 0.3) is 0 Å². The van der Waals surface area contributed by atoms with Gasteiger partial charge in [-0.05, 0) is 12.8 Å². The van der Waals surface area contributed by atoms with Gasteiger partial charge >= 0.3 is 5.97 Å². The maximum absolute atomic E-state index is 12.2. The largest absolute Gasteiger partial charge is 0.480 e. The fourth-order valence-corrected chi connectivity index (χ4v) is 2.31. The van der Waals surface area contributed by atoms with Crippen LogP contribution in [0, 0.1) is 5.41 Å². The van der Waals surface area contributed by atoms with E-state index in [0.717, 1.165) is 12.0 Å². The number of hydrogen-bond donors (Lipinski definition) is 1. The lowest BCUT2D eigenvalue weighted by Crippen LogP contribution is -2.51. The average molecular weight is 251 g/mol. The van der Waals surface area contributed by atoms with E-state index < -0.39 is 11.4 Å². The van der Waals surface area contributed by atoms with Gasteiger partial charge in [-0.2, -0.15) is 5.10 Å². The van der Waals surface area contributed by atoms with E-state index >= 15 is 0 Å². The molecule has 1 fully saturated rings. The summed E-state index contributed by atoms with van der Waals surface area (Å²) in [6.07, 6.45) is 5.19. The van der Waals surface area contributed by atoms with Crippen LogP contribution in [0.25, 0.3) is 0 Å². The van der Waals surface area contributed by atoms with Crippen molar-refractivity contribution in [3.8, 4) is 0 Å². The van der Waals surface area contributed by atoms with Crippen LogP contribution in [0.1, 0.15) is 24.8 Å². The summed E-state index contributed by atoms with van der Waals surface area (Å²) in [6.45, 7) is 0.391. The summed E-state index contributed by atoms with van der Waals surface area (Å²) in [5.41, 5.74) is -0.287. The molecule has 0 atom stereocenters. The van der Waals surface area contributed by atoms with Gasteiger partial charge in [-0.25, -0.2) is 0 Å². The maximum Gasteiger partial charge on any atom is 0.319 e. The van der Waals surface area contributed by atoms with Crippen molar-refractivity contribution in [1.82, 2.24) is 14.7 Å². The number of hydrogen-bond acceptors (Lipinski definition) is 3. The summed E-state index contributed by atoms with van der Waals surface area (Å²) in [7, 11) is 3.44. The molecule has 0 bridgehead atoms. The smallest absolute Gasteiger partial charge is 0.319 e. The third kappa shape index (κ3) is 1.98. The van der Waals surface area contributed by atoms with Gasteiger partial charge in [-0.1, -0.05) is 6.42 Å². The third-order valence-electron chi connectivity index (χ3n) is 3.55. The van der Waals surface area contributed by atoms with E-state index in [1.807, 2.05) is 6.20 Å². The van der Waals surface area contributed by atoms with Crippen molar-refractivity contribution in [3.63, 3.8) is 0 Å². The molecule has 1 aromatic heterocycles. The van der Waals surface area contributed by atoms with Gasteiger partial charge in [0.1, 0.15) is 5.41 Å². The van der Waals surface area contributed by atoms with Crippen LogP contribution in [0.2, 0.25) is 0 Å². The van der Waals surface area contributed by atoms with Gasteiger partial charge in [0.2, 0.25) is 5.91 Å². The zero-order valence-corrected chi connectivity index (χ0v) is 10.6. The normalized spacial score (nSPS) is 17.0. The summed E-state index contributed by atoms with van der Waals surface area (Å²) in [5, 5.41) is 13.2. The van der Waals surface area contributed by atoms with E-state index in [0.29, 0.717) is 19.4 Å². The van der Waals surface area contributed by atoms with Crippen molar-refractivity contribution in [1.29, 1.82) is 0 Å². The number of carboxylic acid groups (broad SMARTS) is 1. The van der Waals surface area contributed by atoms with Crippen LogP contribution < -0.4 is 0 Å². The predicted octanol–water partition coefficient (Wildman–Crippen LogP) is 0.633. The third-order valence-corrected chi connectivity index (χ3v) is 3.55. The van der Waals surface area contributed by atoms with Crippen LogP contribution in [-0.4, -0.2) is 38.7 Å². The molecule has 1 aliphatic rings. The van der Waals surface area contributed by atoms with Crippen LogP contribution in [0.15, 0.2) is 12.4 Å². The molecule has 6 nitrogen and oxygen atoms in total. The molecule has 0 spiro atoms. The molecule has 1 amide bonds.